The summed E-state index contributed by atoms with van der Waals surface area (Å²) in [5, 5.41) is 0. The number of nitrogens with zero attached hydrogens (tertiary/aromatic N) is 1. The van der Waals surface area contributed by atoms with Crippen LogP contribution in [0.5, 0.6) is 5.75 Å². The number of methoxy groups -OCH3 is 1. The molecule has 0 aliphatic rings. The van der Waals surface area contributed by atoms with Crippen LogP contribution < -0.4 is 4.74 Å². The van der Waals surface area contributed by atoms with Crippen molar-refractivity contribution in [1.82, 2.24) is 4.98 Å². The summed E-state index contributed by atoms with van der Waals surface area (Å²) in [5.74, 6) is 1.31. The van der Waals surface area contributed by atoms with Gasteiger partial charge in [-0.25, -0.2) is 4.98 Å². The van der Waals surface area contributed by atoms with E-state index in [1.165, 1.54) is 6.20 Å². The molecule has 0 atom stereocenters. The monoisotopic (exact) mass is 295 g/mol. The van der Waals surface area contributed by atoms with Gasteiger partial charge in [0.15, 0.2) is 12.0 Å². The molecule has 1 aromatic carbocycles. The molecule has 0 spiro atoms. The van der Waals surface area contributed by atoms with E-state index >= 15 is 0 Å². The van der Waals surface area contributed by atoms with E-state index in [-0.39, 0.29) is 5.76 Å². The first kappa shape index (κ1) is 11.9. The van der Waals surface area contributed by atoms with Gasteiger partial charge in [-0.3, -0.25) is 4.79 Å². The normalized spacial score (nSPS) is 10.3. The molecule has 4 nitrogen and oxygen atoms in total. The van der Waals surface area contributed by atoms with Crippen molar-refractivity contribution in [1.29, 1.82) is 0 Å². The first-order valence-electron chi connectivity index (χ1n) is 4.91. The third-order valence-corrected chi connectivity index (χ3v) is 2.99. The third kappa shape index (κ3) is 2.24. The van der Waals surface area contributed by atoms with Crippen molar-refractivity contribution >= 4 is 22.2 Å². The van der Waals surface area contributed by atoms with Crippen LogP contribution in [-0.2, 0) is 0 Å². The van der Waals surface area contributed by atoms with E-state index in [1.807, 2.05) is 19.1 Å². The van der Waals surface area contributed by atoms with Crippen LogP contribution in [0.3, 0.4) is 0 Å². The zero-order valence-electron chi connectivity index (χ0n) is 9.36. The average molecular weight is 296 g/mol. The van der Waals surface area contributed by atoms with Gasteiger partial charge in [0.2, 0.25) is 5.89 Å². The van der Waals surface area contributed by atoms with Crippen molar-refractivity contribution in [3.8, 4) is 17.2 Å². The predicted molar refractivity (Wildman–Crippen MR) is 66.3 cm³/mol. The number of aromatic nitrogens is 1. The van der Waals surface area contributed by atoms with Crippen molar-refractivity contribution in [2.75, 3.05) is 7.11 Å². The lowest BCUT2D eigenvalue weighted by Gasteiger charge is -2.07. The van der Waals surface area contributed by atoms with Crippen molar-refractivity contribution in [2.45, 2.75) is 6.92 Å². The Morgan fingerprint density at radius 3 is 2.82 bits per heavy atom. The van der Waals surface area contributed by atoms with E-state index in [2.05, 4.69) is 20.9 Å². The van der Waals surface area contributed by atoms with Gasteiger partial charge in [0, 0.05) is 5.56 Å². The fourth-order valence-electron chi connectivity index (χ4n) is 1.51. The quantitative estimate of drug-likeness (QED) is 0.816. The number of aldehydes is 1. The summed E-state index contributed by atoms with van der Waals surface area (Å²) >= 11 is 3.40. The van der Waals surface area contributed by atoms with Crippen LogP contribution in [0, 0.1) is 6.92 Å². The number of ether oxygens (including phenoxy) is 1. The Hall–Kier alpha value is -1.62. The van der Waals surface area contributed by atoms with Gasteiger partial charge < -0.3 is 9.15 Å². The minimum atomic E-state index is 0.210. The SMILES string of the molecule is COc1cc(-c2ncc(C=O)o2)c(C)cc1Br. The number of benzene rings is 1. The Bertz CT molecular complexity index is 563. The van der Waals surface area contributed by atoms with Gasteiger partial charge in [-0.05, 0) is 40.5 Å². The summed E-state index contributed by atoms with van der Waals surface area (Å²) in [4.78, 5) is 14.6. The number of carbonyl (C=O) groups excluding carboxylic acids is 1. The Labute approximate surface area is 107 Å². The topological polar surface area (TPSA) is 52.3 Å². The van der Waals surface area contributed by atoms with Crippen LogP contribution in [0.2, 0.25) is 0 Å². The summed E-state index contributed by atoms with van der Waals surface area (Å²) in [7, 11) is 1.59. The Kier molecular flexibility index (Phi) is 3.28. The van der Waals surface area contributed by atoms with Crippen molar-refractivity contribution in [3.05, 3.63) is 34.1 Å². The van der Waals surface area contributed by atoms with E-state index in [1.54, 1.807) is 7.11 Å². The molecule has 0 fully saturated rings. The smallest absolute Gasteiger partial charge is 0.227 e. The van der Waals surface area contributed by atoms with Gasteiger partial charge in [-0.2, -0.15) is 0 Å². The maximum atomic E-state index is 10.5. The lowest BCUT2D eigenvalue weighted by atomic mass is 10.1. The maximum absolute atomic E-state index is 10.5. The highest BCUT2D eigenvalue weighted by Crippen LogP contribution is 2.33. The van der Waals surface area contributed by atoms with E-state index in [9.17, 15) is 4.79 Å². The van der Waals surface area contributed by atoms with Gasteiger partial charge in [0.25, 0.3) is 0 Å². The summed E-state index contributed by atoms with van der Waals surface area (Å²) in [6, 6.07) is 3.73. The molecular weight excluding hydrogens is 286 g/mol. The summed E-state index contributed by atoms with van der Waals surface area (Å²) in [6.45, 7) is 1.93. The van der Waals surface area contributed by atoms with Crippen LogP contribution in [0.25, 0.3) is 11.5 Å². The minimum Gasteiger partial charge on any atom is -0.496 e. The minimum absolute atomic E-state index is 0.210. The van der Waals surface area contributed by atoms with Crippen LogP contribution in [0.15, 0.2) is 27.2 Å². The number of oxazole rings is 1. The first-order valence-corrected chi connectivity index (χ1v) is 5.70. The molecule has 17 heavy (non-hydrogen) atoms. The third-order valence-electron chi connectivity index (χ3n) is 2.37. The second-order valence-electron chi connectivity index (χ2n) is 3.49. The number of hydrogen-bond acceptors (Lipinski definition) is 4. The highest BCUT2D eigenvalue weighted by Gasteiger charge is 2.12. The zero-order valence-corrected chi connectivity index (χ0v) is 10.9. The molecule has 0 bridgehead atoms. The van der Waals surface area contributed by atoms with Crippen molar-refractivity contribution in [3.63, 3.8) is 0 Å². The number of hydrogen-bond donors (Lipinski definition) is 0. The Balaban J connectivity index is 2.54. The predicted octanol–water partition coefficient (Wildman–Crippen LogP) is 3.23. The van der Waals surface area contributed by atoms with E-state index < -0.39 is 0 Å². The van der Waals surface area contributed by atoms with Gasteiger partial charge in [-0.15, -0.1) is 0 Å². The lowest BCUT2D eigenvalue weighted by molar-refractivity contribution is 0.110. The van der Waals surface area contributed by atoms with Crippen LogP contribution in [0.4, 0.5) is 0 Å². The molecule has 0 unspecified atom stereocenters. The fourth-order valence-corrected chi connectivity index (χ4v) is 2.12. The standard InChI is InChI=1S/C12H10BrNO3/c1-7-3-10(13)11(16-2)4-9(7)12-14-5-8(6-15)17-12/h3-6H,1-2H3. The molecule has 0 N–H and O–H groups in total. The van der Waals surface area contributed by atoms with E-state index in [0.717, 1.165) is 15.6 Å². The largest absolute Gasteiger partial charge is 0.496 e. The van der Waals surface area contributed by atoms with Crippen molar-refractivity contribution < 1.29 is 13.9 Å². The van der Waals surface area contributed by atoms with Crippen LogP contribution in [0.1, 0.15) is 16.1 Å². The molecule has 88 valence electrons. The van der Waals surface area contributed by atoms with Gasteiger partial charge >= 0.3 is 0 Å². The van der Waals surface area contributed by atoms with Crippen LogP contribution >= 0.6 is 15.9 Å². The summed E-state index contributed by atoms with van der Waals surface area (Å²) in [6.07, 6.45) is 2.03. The second kappa shape index (κ2) is 4.71. The Morgan fingerprint density at radius 2 is 2.24 bits per heavy atom. The van der Waals surface area contributed by atoms with E-state index in [0.29, 0.717) is 17.9 Å². The highest BCUT2D eigenvalue weighted by molar-refractivity contribution is 9.10. The summed E-state index contributed by atoms with van der Waals surface area (Å²) in [5.41, 5.74) is 1.79. The number of aryl methyl sites for hydroxylation is 1. The van der Waals surface area contributed by atoms with Gasteiger partial charge in [0.1, 0.15) is 5.75 Å². The maximum Gasteiger partial charge on any atom is 0.227 e. The molecule has 0 aliphatic carbocycles. The van der Waals surface area contributed by atoms with Gasteiger partial charge in [0.05, 0.1) is 17.8 Å². The number of rotatable bonds is 3. The second-order valence-corrected chi connectivity index (χ2v) is 4.34. The first-order chi connectivity index (χ1) is 8.15. The molecule has 0 radical (unpaired) electrons. The molecule has 0 saturated heterocycles. The molecule has 2 aromatic rings. The summed E-state index contributed by atoms with van der Waals surface area (Å²) < 4.78 is 11.4. The molecule has 5 heteroatoms. The molecule has 0 aliphatic heterocycles. The molecular formula is C12H10BrNO3. The molecule has 1 heterocycles. The fraction of sp³-hybridized carbons (Fsp3) is 0.167. The van der Waals surface area contributed by atoms with Crippen molar-refractivity contribution in [2.24, 2.45) is 0 Å². The molecule has 0 saturated carbocycles. The van der Waals surface area contributed by atoms with E-state index in [4.69, 9.17) is 9.15 Å². The molecule has 2 rings (SSSR count). The zero-order chi connectivity index (χ0) is 12.4. The van der Waals surface area contributed by atoms with Gasteiger partial charge in [-0.1, -0.05) is 0 Å². The lowest BCUT2D eigenvalue weighted by Crippen LogP contribution is -1.89. The number of carbonyl (C=O) groups is 1. The molecule has 1 aromatic heterocycles. The van der Waals surface area contributed by atoms with Crippen LogP contribution in [-0.4, -0.2) is 18.4 Å². The number of halogens is 1. The average Bonchev–Trinajstić information content (AvgIpc) is 2.78. The Morgan fingerprint density at radius 1 is 1.47 bits per heavy atom. The molecule has 0 amide bonds. The highest BCUT2D eigenvalue weighted by atomic mass is 79.9.